The van der Waals surface area contributed by atoms with Crippen LogP contribution in [0.5, 0.6) is 0 Å². The topological polar surface area (TPSA) is 34.1 Å². The van der Waals surface area contributed by atoms with E-state index in [4.69, 9.17) is 0 Å². The van der Waals surface area contributed by atoms with Crippen molar-refractivity contribution in [3.8, 4) is 0 Å². The second kappa shape index (κ2) is 5.32. The van der Waals surface area contributed by atoms with E-state index in [1.165, 1.54) is 6.07 Å². The Morgan fingerprint density at radius 1 is 1.27 bits per heavy atom. The minimum atomic E-state index is -2.12. The van der Waals surface area contributed by atoms with Gasteiger partial charge in [-0.1, -0.05) is 39.0 Å². The van der Waals surface area contributed by atoms with Crippen LogP contribution in [0.25, 0.3) is 0 Å². The number of hydrogen-bond acceptors (Lipinski definition) is 3. The molecule has 0 atom stereocenters. The second-order valence-electron chi connectivity index (χ2n) is 1.69. The first-order chi connectivity index (χ1) is 4.70. The molecule has 0 aliphatic heterocycles. The Kier molecular flexibility index (Phi) is 5.64. The predicted octanol–water partition coefficient (Wildman–Crippen LogP) is -0.879. The minimum Gasteiger partial charge on any atom is -0.420 e. The molecule has 54 valence electrons. The molecule has 0 heterocycles. The quantitative estimate of drug-likeness (QED) is 0.474. The molecule has 0 unspecified atom stereocenters. The molecular formula is C6H4BrNaO2S. The van der Waals surface area contributed by atoms with Gasteiger partial charge in [-0.05, 0) is 16.8 Å². The molecule has 0 bridgehead atoms. The molecule has 0 aliphatic carbocycles. The first-order valence-corrected chi connectivity index (χ1v) is 4.42. The summed E-state index contributed by atoms with van der Waals surface area (Å²) in [5.41, 5.74) is 0. The summed E-state index contributed by atoms with van der Waals surface area (Å²) < 4.78 is 21.4. The maximum Gasteiger partial charge on any atom is 1.00 e. The maximum absolute atomic E-state index is 10.3. The van der Waals surface area contributed by atoms with Crippen LogP contribution in [-0.4, -0.2) is 0 Å². The van der Waals surface area contributed by atoms with Crippen LogP contribution in [0.15, 0.2) is 33.6 Å². The molecule has 0 amide bonds. The number of benzene rings is 1. The van der Waals surface area contributed by atoms with Crippen molar-refractivity contribution in [3.05, 3.63) is 28.7 Å². The van der Waals surface area contributed by atoms with Crippen molar-refractivity contribution in [2.24, 2.45) is 0 Å². The molecule has 0 aromatic heterocycles. The van der Waals surface area contributed by atoms with E-state index in [9.17, 15) is 8.42 Å². The number of rotatable bonds is 1. The normalized spacial score (nSPS) is 9.27. The maximum atomic E-state index is 10.3. The summed E-state index contributed by atoms with van der Waals surface area (Å²) >= 11 is 3.16. The summed E-state index contributed by atoms with van der Waals surface area (Å²) in [5, 5.41) is 0. The van der Waals surface area contributed by atoms with Crippen LogP contribution in [0, 0.1) is 0 Å². The van der Waals surface area contributed by atoms with Crippen LogP contribution in [0.4, 0.5) is 0 Å². The third-order valence-corrected chi connectivity index (χ3v) is 2.12. The zero-order valence-electron chi connectivity index (χ0n) is 5.91. The average Bonchev–Trinajstić information content (AvgIpc) is 1.88. The first kappa shape index (κ1) is 11.6. The average molecular weight is 243 g/mol. The van der Waals surface area contributed by atoms with Gasteiger partial charge in [0.05, 0.1) is 0 Å². The van der Waals surface area contributed by atoms with Crippen molar-refractivity contribution in [2.45, 2.75) is 4.90 Å². The summed E-state index contributed by atoms with van der Waals surface area (Å²) in [6.07, 6.45) is 0. The Hall–Kier alpha value is 0.650. The molecule has 0 saturated carbocycles. The fourth-order valence-corrected chi connectivity index (χ4v) is 1.53. The fraction of sp³-hybridized carbons (Fsp3) is 0. The van der Waals surface area contributed by atoms with E-state index in [0.717, 1.165) is 4.47 Å². The molecule has 1 aromatic carbocycles. The molecule has 5 heteroatoms. The van der Waals surface area contributed by atoms with Gasteiger partial charge in [-0.3, -0.25) is 0 Å². The molecule has 1 rings (SSSR count). The molecule has 0 saturated heterocycles. The zero-order valence-corrected chi connectivity index (χ0v) is 10.3. The van der Waals surface area contributed by atoms with Gasteiger partial charge in [-0.25, -0.2) is 0 Å². The Morgan fingerprint density at radius 2 is 1.91 bits per heavy atom. The summed E-state index contributed by atoms with van der Waals surface area (Å²) in [7, 11) is -2.12. The van der Waals surface area contributed by atoms with Crippen LogP contribution < -0.4 is 29.6 Å². The van der Waals surface area contributed by atoms with Gasteiger partial charge < -0.3 is 8.42 Å². The standard InChI is InChI=1S/C6H4BrO2S.Na/c7-5-2-1-3-6(4-5)10(8)9;/h1-4H;/q-1;+1. The molecule has 0 N–H and O–H groups in total. The van der Waals surface area contributed by atoms with E-state index in [0.29, 0.717) is 4.90 Å². The van der Waals surface area contributed by atoms with Crippen LogP contribution in [0.2, 0.25) is 0 Å². The molecule has 0 spiro atoms. The van der Waals surface area contributed by atoms with E-state index in [2.05, 4.69) is 15.9 Å². The van der Waals surface area contributed by atoms with E-state index >= 15 is 0 Å². The first-order valence-electron chi connectivity index (χ1n) is 2.55. The largest absolute Gasteiger partial charge is 1.00 e. The minimum absolute atomic E-state index is 0. The van der Waals surface area contributed by atoms with Gasteiger partial charge in [0, 0.05) is 4.47 Å². The van der Waals surface area contributed by atoms with Gasteiger partial charge in [0.1, 0.15) is 0 Å². The molecule has 0 aliphatic rings. The van der Waals surface area contributed by atoms with Crippen molar-refractivity contribution < 1.29 is 38.0 Å². The Morgan fingerprint density at radius 3 is 2.27 bits per heavy atom. The van der Waals surface area contributed by atoms with Gasteiger partial charge in [0.2, 0.25) is 0 Å². The zero-order chi connectivity index (χ0) is 7.56. The van der Waals surface area contributed by atoms with E-state index in [1.54, 1.807) is 18.2 Å². The summed E-state index contributed by atoms with van der Waals surface area (Å²) in [6, 6.07) is 6.53. The van der Waals surface area contributed by atoms with Crippen molar-refractivity contribution in [3.63, 3.8) is 0 Å². The van der Waals surface area contributed by atoms with Crippen LogP contribution in [-0.2, 0) is 19.1 Å². The Labute approximate surface area is 97.4 Å². The molecule has 11 heavy (non-hydrogen) atoms. The van der Waals surface area contributed by atoms with E-state index < -0.39 is 10.7 Å². The van der Waals surface area contributed by atoms with Crippen LogP contribution in [0.1, 0.15) is 0 Å². The Balaban J connectivity index is 0.000001000. The second-order valence-corrected chi connectivity index (χ2v) is 3.55. The van der Waals surface area contributed by atoms with Gasteiger partial charge in [0.25, 0.3) is 0 Å². The number of halogens is 1. The molecule has 1 aromatic rings. The molecule has 0 radical (unpaired) electrons. The molecule has 0 fully saturated rings. The Bertz CT molecular complexity index is 303. The SMILES string of the molecule is O=[S-](=O)c1cccc(Br)c1.[Na+]. The van der Waals surface area contributed by atoms with Crippen molar-refractivity contribution in [2.75, 3.05) is 0 Å². The monoisotopic (exact) mass is 242 g/mol. The third-order valence-electron chi connectivity index (χ3n) is 0.989. The summed E-state index contributed by atoms with van der Waals surface area (Å²) in [4.78, 5) is 0.300. The summed E-state index contributed by atoms with van der Waals surface area (Å²) in [6.45, 7) is 0. The summed E-state index contributed by atoms with van der Waals surface area (Å²) in [5.74, 6) is 0. The van der Waals surface area contributed by atoms with Crippen molar-refractivity contribution >= 4 is 26.6 Å². The van der Waals surface area contributed by atoms with E-state index in [-0.39, 0.29) is 29.6 Å². The van der Waals surface area contributed by atoms with Crippen molar-refractivity contribution in [1.82, 2.24) is 0 Å². The van der Waals surface area contributed by atoms with Gasteiger partial charge >= 0.3 is 29.6 Å². The van der Waals surface area contributed by atoms with Crippen LogP contribution in [0.3, 0.4) is 0 Å². The van der Waals surface area contributed by atoms with Crippen molar-refractivity contribution in [1.29, 1.82) is 0 Å². The third kappa shape index (κ3) is 3.71. The predicted molar refractivity (Wildman–Crippen MR) is 41.1 cm³/mol. The van der Waals surface area contributed by atoms with E-state index in [1.807, 2.05) is 0 Å². The van der Waals surface area contributed by atoms with Gasteiger partial charge in [-0.15, -0.1) is 0 Å². The molecular weight excluding hydrogens is 239 g/mol. The smallest absolute Gasteiger partial charge is 0.420 e. The number of hydrogen-bond donors (Lipinski definition) is 0. The van der Waals surface area contributed by atoms with Gasteiger partial charge in [-0.2, -0.15) is 0 Å². The van der Waals surface area contributed by atoms with Crippen LogP contribution >= 0.6 is 15.9 Å². The molecule has 2 nitrogen and oxygen atoms in total. The van der Waals surface area contributed by atoms with Gasteiger partial charge in [0.15, 0.2) is 0 Å². The fourth-order valence-electron chi connectivity index (χ4n) is 0.571.